The number of aryl methyl sites for hydroxylation is 1. The maximum Gasteiger partial charge on any atom is 0.0459 e. The lowest BCUT2D eigenvalue weighted by Gasteiger charge is -2.03. The lowest BCUT2D eigenvalue weighted by Crippen LogP contribution is -1.86. The van der Waals surface area contributed by atoms with Crippen LogP contribution >= 0.6 is 0 Å². The molecule has 0 aliphatic carbocycles. The van der Waals surface area contributed by atoms with Crippen LogP contribution in [0.2, 0.25) is 0 Å². The van der Waals surface area contributed by atoms with Crippen LogP contribution in [0.3, 0.4) is 0 Å². The molecule has 0 aromatic heterocycles. The highest BCUT2D eigenvalue weighted by Gasteiger charge is 1.96. The van der Waals surface area contributed by atoms with Crippen LogP contribution in [0.25, 0.3) is 11.1 Å². The van der Waals surface area contributed by atoms with Gasteiger partial charge in [0.05, 0.1) is 0 Å². The van der Waals surface area contributed by atoms with Gasteiger partial charge in [0.1, 0.15) is 0 Å². The van der Waals surface area contributed by atoms with E-state index in [9.17, 15) is 0 Å². The van der Waals surface area contributed by atoms with Gasteiger partial charge < -0.3 is 5.32 Å². The molecule has 0 atom stereocenters. The zero-order valence-electron chi connectivity index (χ0n) is 9.20. The van der Waals surface area contributed by atoms with Crippen LogP contribution in [0, 0.1) is 19.4 Å². The molecule has 0 saturated carbocycles. The van der Waals surface area contributed by atoms with Gasteiger partial charge in [0.15, 0.2) is 0 Å². The first-order valence-electron chi connectivity index (χ1n) is 5.18. The molecule has 0 aliphatic heterocycles. The molecule has 1 nitrogen and oxygen atoms in total. The number of benzene rings is 2. The normalized spacial score (nSPS) is 9.50. The lowest BCUT2D eigenvalue weighted by molar-refractivity contribution is 1.47. The second kappa shape index (κ2) is 4.55. The molecule has 0 amide bonds. The van der Waals surface area contributed by atoms with Gasteiger partial charge in [-0.25, -0.2) is 0 Å². The van der Waals surface area contributed by atoms with E-state index in [1.807, 2.05) is 12.1 Å². The number of rotatable bonds is 2. The number of nitrogens with one attached hydrogen (secondary N) is 1. The van der Waals surface area contributed by atoms with Gasteiger partial charge >= 0.3 is 0 Å². The van der Waals surface area contributed by atoms with Crippen LogP contribution in [0.4, 0.5) is 5.69 Å². The minimum absolute atomic E-state index is 0.943. The Morgan fingerprint density at radius 3 is 1.88 bits per heavy atom. The predicted molar refractivity (Wildman–Crippen MR) is 69.1 cm³/mol. The molecule has 0 fully saturated rings. The fourth-order valence-electron chi connectivity index (χ4n) is 1.58. The van der Waals surface area contributed by atoms with Crippen LogP contribution in [-0.4, -0.2) is 0 Å². The highest BCUT2D eigenvalue weighted by molar-refractivity contribution is 5.66. The third-order valence-corrected chi connectivity index (χ3v) is 2.49. The highest BCUT2D eigenvalue weighted by atomic mass is 14.8. The molecule has 0 heterocycles. The van der Waals surface area contributed by atoms with E-state index in [0.29, 0.717) is 0 Å². The molecule has 0 spiro atoms. The summed E-state index contributed by atoms with van der Waals surface area (Å²) in [5.41, 5.74) is 4.63. The Hall–Kier alpha value is -2.20. The van der Waals surface area contributed by atoms with E-state index >= 15 is 0 Å². The maximum atomic E-state index is 5.17. The number of hydrogen-bond acceptors (Lipinski definition) is 1. The van der Waals surface area contributed by atoms with Gasteiger partial charge in [0, 0.05) is 11.7 Å². The molecule has 0 bridgehead atoms. The van der Waals surface area contributed by atoms with Gasteiger partial charge in [-0.1, -0.05) is 48.4 Å². The third-order valence-electron chi connectivity index (χ3n) is 2.49. The monoisotopic (exact) mass is 207 g/mol. The Bertz CT molecular complexity index is 501. The van der Waals surface area contributed by atoms with Crippen LogP contribution in [0.1, 0.15) is 5.56 Å². The highest BCUT2D eigenvalue weighted by Crippen LogP contribution is 2.21. The standard InChI is InChI=1S/C15H13N/c1-3-16-15-10-8-14(9-11-15)13-6-4-12(2)5-7-13/h1,4-11,16H,2H3. The molecule has 78 valence electrons. The molecule has 0 radical (unpaired) electrons. The largest absolute Gasteiger partial charge is 0.315 e. The van der Waals surface area contributed by atoms with Crippen molar-refractivity contribution in [2.75, 3.05) is 5.32 Å². The average Bonchev–Trinajstić information content (AvgIpc) is 2.32. The zero-order valence-corrected chi connectivity index (χ0v) is 9.20. The molecule has 0 aliphatic rings. The zero-order chi connectivity index (χ0) is 11.4. The summed E-state index contributed by atoms with van der Waals surface area (Å²) in [5, 5.41) is 2.82. The van der Waals surface area contributed by atoms with Gasteiger partial charge in [0.2, 0.25) is 0 Å². The van der Waals surface area contributed by atoms with Crippen LogP contribution in [-0.2, 0) is 0 Å². The Morgan fingerprint density at radius 1 is 0.875 bits per heavy atom. The summed E-state index contributed by atoms with van der Waals surface area (Å²) >= 11 is 0. The summed E-state index contributed by atoms with van der Waals surface area (Å²) in [7, 11) is 0. The summed E-state index contributed by atoms with van der Waals surface area (Å²) in [5.74, 6) is 0. The summed E-state index contributed by atoms with van der Waals surface area (Å²) in [4.78, 5) is 0. The first-order chi connectivity index (χ1) is 7.79. The summed E-state index contributed by atoms with van der Waals surface area (Å²) < 4.78 is 0. The molecule has 2 aromatic carbocycles. The molecule has 2 aromatic rings. The first-order valence-corrected chi connectivity index (χ1v) is 5.18. The summed E-state index contributed by atoms with van der Waals surface area (Å²) in [6.07, 6.45) is 5.17. The van der Waals surface area contributed by atoms with Crippen LogP contribution in [0.15, 0.2) is 48.5 Å². The van der Waals surface area contributed by atoms with E-state index in [1.165, 1.54) is 16.7 Å². The number of terminal acetylenes is 1. The lowest BCUT2D eigenvalue weighted by atomic mass is 10.0. The Kier molecular flexibility index (Phi) is 2.93. The topological polar surface area (TPSA) is 12.0 Å². The van der Waals surface area contributed by atoms with Gasteiger partial charge in [-0.05, 0) is 30.2 Å². The van der Waals surface area contributed by atoms with E-state index < -0.39 is 0 Å². The number of hydrogen-bond donors (Lipinski definition) is 1. The van der Waals surface area contributed by atoms with Crippen molar-refractivity contribution in [2.45, 2.75) is 6.92 Å². The van der Waals surface area contributed by atoms with Crippen LogP contribution in [0.5, 0.6) is 0 Å². The van der Waals surface area contributed by atoms with Crippen molar-refractivity contribution in [3.63, 3.8) is 0 Å². The smallest absolute Gasteiger partial charge is 0.0459 e. The van der Waals surface area contributed by atoms with Crippen molar-refractivity contribution in [1.82, 2.24) is 0 Å². The van der Waals surface area contributed by atoms with Crippen molar-refractivity contribution in [3.8, 4) is 23.6 Å². The first kappa shape index (κ1) is 10.3. The third kappa shape index (κ3) is 2.24. The summed E-state index contributed by atoms with van der Waals surface area (Å²) in [6.45, 7) is 2.09. The molecule has 0 saturated heterocycles. The van der Waals surface area contributed by atoms with E-state index in [1.54, 1.807) is 0 Å². The molecule has 1 heteroatoms. The quantitative estimate of drug-likeness (QED) is 0.585. The fourth-order valence-corrected chi connectivity index (χ4v) is 1.58. The predicted octanol–water partition coefficient (Wildman–Crippen LogP) is 3.66. The summed E-state index contributed by atoms with van der Waals surface area (Å²) in [6, 6.07) is 19.0. The second-order valence-electron chi connectivity index (χ2n) is 3.71. The minimum Gasteiger partial charge on any atom is -0.315 e. The van der Waals surface area contributed by atoms with Gasteiger partial charge in [-0.15, -0.1) is 0 Å². The molecule has 2 rings (SSSR count). The molecular weight excluding hydrogens is 194 g/mol. The van der Waals surface area contributed by atoms with Crippen molar-refractivity contribution in [1.29, 1.82) is 0 Å². The van der Waals surface area contributed by atoms with Crippen LogP contribution < -0.4 is 5.32 Å². The molecule has 1 N–H and O–H groups in total. The fraction of sp³-hybridized carbons (Fsp3) is 0.0667. The van der Waals surface area contributed by atoms with Crippen molar-refractivity contribution >= 4 is 5.69 Å². The maximum absolute atomic E-state index is 5.17. The Balaban J connectivity index is 2.28. The Morgan fingerprint density at radius 2 is 1.38 bits per heavy atom. The minimum atomic E-state index is 0.943. The van der Waals surface area contributed by atoms with E-state index in [0.717, 1.165) is 5.69 Å². The van der Waals surface area contributed by atoms with Crippen molar-refractivity contribution in [3.05, 3.63) is 54.1 Å². The van der Waals surface area contributed by atoms with Crippen molar-refractivity contribution < 1.29 is 0 Å². The van der Waals surface area contributed by atoms with Gasteiger partial charge in [-0.3, -0.25) is 0 Å². The van der Waals surface area contributed by atoms with E-state index in [-0.39, 0.29) is 0 Å². The SMILES string of the molecule is C#CNc1ccc(-c2ccc(C)cc2)cc1. The Labute approximate surface area is 96.1 Å². The molecular formula is C15H13N. The molecule has 16 heavy (non-hydrogen) atoms. The molecule has 0 unspecified atom stereocenters. The van der Waals surface area contributed by atoms with Crippen molar-refractivity contribution in [2.24, 2.45) is 0 Å². The van der Waals surface area contributed by atoms with E-state index in [4.69, 9.17) is 6.42 Å². The second-order valence-corrected chi connectivity index (χ2v) is 3.71. The average molecular weight is 207 g/mol. The number of anilines is 1. The van der Waals surface area contributed by atoms with E-state index in [2.05, 4.69) is 54.7 Å². The van der Waals surface area contributed by atoms with Gasteiger partial charge in [0.25, 0.3) is 0 Å². The van der Waals surface area contributed by atoms with Gasteiger partial charge in [-0.2, -0.15) is 0 Å².